The second-order valence-electron chi connectivity index (χ2n) is 7.11. The van der Waals surface area contributed by atoms with E-state index in [0.29, 0.717) is 23.0 Å². The number of nitrogens with one attached hydrogen (secondary N) is 1. The zero-order valence-electron chi connectivity index (χ0n) is 15.8. The average molecular weight is 414 g/mol. The van der Waals surface area contributed by atoms with E-state index in [4.69, 9.17) is 21.4 Å². The van der Waals surface area contributed by atoms with Gasteiger partial charge in [0.1, 0.15) is 12.2 Å². The monoisotopic (exact) mass is 413 g/mol. The maximum absolute atomic E-state index is 12.4. The van der Waals surface area contributed by atoms with Crippen molar-refractivity contribution in [3.8, 4) is 5.88 Å². The molecule has 1 atom stereocenters. The van der Waals surface area contributed by atoms with Crippen LogP contribution in [0.2, 0.25) is 5.02 Å². The number of rotatable bonds is 5. The van der Waals surface area contributed by atoms with E-state index in [1.165, 1.54) is 12.3 Å². The Labute approximate surface area is 171 Å². The summed E-state index contributed by atoms with van der Waals surface area (Å²) in [7, 11) is 0. The molecule has 1 fully saturated rings. The highest BCUT2D eigenvalue weighted by Crippen LogP contribution is 2.34. The van der Waals surface area contributed by atoms with E-state index in [1.54, 1.807) is 12.3 Å². The van der Waals surface area contributed by atoms with E-state index < -0.39 is 11.4 Å². The van der Waals surface area contributed by atoms with Gasteiger partial charge in [-0.3, -0.25) is 4.79 Å². The lowest BCUT2D eigenvalue weighted by atomic mass is 10.1. The number of aryl methyl sites for hydroxylation is 1. The van der Waals surface area contributed by atoms with Crippen LogP contribution in [0.25, 0.3) is 10.9 Å². The van der Waals surface area contributed by atoms with Crippen molar-refractivity contribution in [1.29, 1.82) is 0 Å². The lowest BCUT2D eigenvalue weighted by Crippen LogP contribution is -2.34. The number of benzene rings is 1. The number of fused-ring (bicyclic) bond motifs is 1. The third-order valence-corrected chi connectivity index (χ3v) is 5.54. The van der Waals surface area contributed by atoms with Crippen LogP contribution < -0.4 is 15.1 Å². The SMILES string of the molecule is Cc1cccnc1OC[C@H]1CCCN1c1cc2[nH]cc(C(=O)O)c(=O)c2cc1Cl. The number of nitrogens with zero attached hydrogens (tertiary/aromatic N) is 2. The summed E-state index contributed by atoms with van der Waals surface area (Å²) >= 11 is 6.50. The van der Waals surface area contributed by atoms with Crippen LogP contribution in [-0.2, 0) is 0 Å². The van der Waals surface area contributed by atoms with E-state index in [9.17, 15) is 9.59 Å². The first kappa shape index (κ1) is 19.3. The molecule has 29 heavy (non-hydrogen) atoms. The highest BCUT2D eigenvalue weighted by atomic mass is 35.5. The van der Waals surface area contributed by atoms with Crippen LogP contribution in [0.15, 0.2) is 41.5 Å². The van der Waals surface area contributed by atoms with Crippen molar-refractivity contribution < 1.29 is 14.6 Å². The lowest BCUT2D eigenvalue weighted by Gasteiger charge is -2.28. The molecule has 8 heteroatoms. The molecule has 150 valence electrons. The summed E-state index contributed by atoms with van der Waals surface area (Å²) in [4.78, 5) is 33.0. The van der Waals surface area contributed by atoms with Crippen LogP contribution in [-0.4, -0.2) is 40.2 Å². The van der Waals surface area contributed by atoms with Gasteiger partial charge < -0.3 is 19.7 Å². The van der Waals surface area contributed by atoms with Gasteiger partial charge in [0.25, 0.3) is 0 Å². The van der Waals surface area contributed by atoms with E-state index in [-0.39, 0.29) is 17.0 Å². The van der Waals surface area contributed by atoms with Crippen molar-refractivity contribution in [1.82, 2.24) is 9.97 Å². The average Bonchev–Trinajstić information content (AvgIpc) is 3.16. The fraction of sp³-hybridized carbons (Fsp3) is 0.286. The van der Waals surface area contributed by atoms with Crippen molar-refractivity contribution in [3.05, 3.63) is 63.0 Å². The molecule has 0 amide bonds. The number of carboxylic acid groups (broad SMARTS) is 1. The minimum Gasteiger partial charge on any atom is -0.477 e. The Bertz CT molecular complexity index is 1140. The number of hydrogen-bond donors (Lipinski definition) is 2. The van der Waals surface area contributed by atoms with Crippen molar-refractivity contribution in [2.24, 2.45) is 0 Å². The fourth-order valence-electron chi connectivity index (χ4n) is 3.73. The number of pyridine rings is 2. The molecule has 1 aliphatic heterocycles. The van der Waals surface area contributed by atoms with Crippen LogP contribution in [0.4, 0.5) is 5.69 Å². The Morgan fingerprint density at radius 1 is 1.45 bits per heavy atom. The summed E-state index contributed by atoms with van der Waals surface area (Å²) in [5.41, 5.74) is 1.46. The molecule has 0 radical (unpaired) electrons. The zero-order chi connectivity index (χ0) is 20.5. The van der Waals surface area contributed by atoms with Gasteiger partial charge in [-0.1, -0.05) is 17.7 Å². The maximum Gasteiger partial charge on any atom is 0.341 e. The predicted octanol–water partition coefficient (Wildman–Crippen LogP) is 3.63. The van der Waals surface area contributed by atoms with Gasteiger partial charge in [-0.25, -0.2) is 9.78 Å². The van der Waals surface area contributed by atoms with Gasteiger partial charge in [-0.2, -0.15) is 0 Å². The molecule has 4 rings (SSSR count). The van der Waals surface area contributed by atoms with Gasteiger partial charge in [-0.15, -0.1) is 0 Å². The minimum absolute atomic E-state index is 0.122. The first-order valence-corrected chi connectivity index (χ1v) is 9.73. The normalized spacial score (nSPS) is 16.3. The molecule has 2 aromatic heterocycles. The number of anilines is 1. The molecular formula is C21H20ClN3O4. The maximum atomic E-state index is 12.4. The molecule has 1 aromatic carbocycles. The van der Waals surface area contributed by atoms with Crippen LogP contribution in [0.3, 0.4) is 0 Å². The fourth-order valence-corrected chi connectivity index (χ4v) is 4.00. The molecule has 0 saturated carbocycles. The number of carbonyl (C=O) groups is 1. The van der Waals surface area contributed by atoms with Gasteiger partial charge in [0.2, 0.25) is 11.3 Å². The summed E-state index contributed by atoms with van der Waals surface area (Å²) in [5, 5.41) is 9.82. The largest absolute Gasteiger partial charge is 0.477 e. The number of aromatic amines is 1. The van der Waals surface area contributed by atoms with Crippen LogP contribution in [0, 0.1) is 6.92 Å². The number of carboxylic acids is 1. The first-order valence-electron chi connectivity index (χ1n) is 9.35. The van der Waals surface area contributed by atoms with Crippen molar-refractivity contribution in [2.75, 3.05) is 18.1 Å². The van der Waals surface area contributed by atoms with Crippen molar-refractivity contribution >= 4 is 34.2 Å². The van der Waals surface area contributed by atoms with Gasteiger partial charge in [0.05, 0.1) is 22.3 Å². The number of halogens is 1. The third-order valence-electron chi connectivity index (χ3n) is 5.24. The smallest absolute Gasteiger partial charge is 0.341 e. The Kier molecular flexibility index (Phi) is 5.15. The molecule has 0 bridgehead atoms. The highest BCUT2D eigenvalue weighted by molar-refractivity contribution is 6.34. The topological polar surface area (TPSA) is 95.5 Å². The standard InChI is InChI=1S/C21H20ClN3O4/c1-12-4-2-6-23-20(12)29-11-13-5-3-7-25(13)18-9-17-14(8-16(18)22)19(26)15(10-24-17)21(27)28/h2,4,6,8-10,13H,3,5,7,11H2,1H3,(H,24,26)(H,27,28)/t13-/m1/s1. The lowest BCUT2D eigenvalue weighted by molar-refractivity contribution is 0.0695. The number of H-pyrrole nitrogens is 1. The van der Waals surface area contributed by atoms with Gasteiger partial charge >= 0.3 is 5.97 Å². The third kappa shape index (κ3) is 3.65. The molecule has 0 aliphatic carbocycles. The van der Waals surface area contributed by atoms with Gasteiger partial charge in [-0.05, 0) is 38.0 Å². The van der Waals surface area contributed by atoms with Crippen LogP contribution in [0.1, 0.15) is 28.8 Å². The van der Waals surface area contributed by atoms with Crippen LogP contribution in [0.5, 0.6) is 5.88 Å². The Morgan fingerprint density at radius 2 is 2.28 bits per heavy atom. The summed E-state index contributed by atoms with van der Waals surface area (Å²) in [6.45, 7) is 3.25. The molecule has 2 N–H and O–H groups in total. The van der Waals surface area contributed by atoms with Gasteiger partial charge in [0.15, 0.2) is 0 Å². The van der Waals surface area contributed by atoms with E-state index in [1.807, 2.05) is 19.1 Å². The Morgan fingerprint density at radius 3 is 3.03 bits per heavy atom. The summed E-state index contributed by atoms with van der Waals surface area (Å²) < 4.78 is 5.94. The van der Waals surface area contributed by atoms with Crippen LogP contribution >= 0.6 is 11.6 Å². The number of aromatic nitrogens is 2. The minimum atomic E-state index is -1.27. The van der Waals surface area contributed by atoms with Gasteiger partial charge in [0, 0.05) is 29.9 Å². The molecule has 1 saturated heterocycles. The number of ether oxygens (including phenoxy) is 1. The molecule has 0 spiro atoms. The summed E-state index contributed by atoms with van der Waals surface area (Å²) in [5.74, 6) is -0.649. The van der Waals surface area contributed by atoms with E-state index in [2.05, 4.69) is 14.9 Å². The molecule has 7 nitrogen and oxygen atoms in total. The second kappa shape index (κ2) is 7.75. The first-order chi connectivity index (χ1) is 14.0. The predicted molar refractivity (Wildman–Crippen MR) is 111 cm³/mol. The molecule has 3 aromatic rings. The molecular weight excluding hydrogens is 394 g/mol. The van der Waals surface area contributed by atoms with E-state index in [0.717, 1.165) is 30.6 Å². The number of hydrogen-bond acceptors (Lipinski definition) is 5. The molecule has 0 unspecified atom stereocenters. The zero-order valence-corrected chi connectivity index (χ0v) is 16.6. The van der Waals surface area contributed by atoms with Crippen molar-refractivity contribution in [2.45, 2.75) is 25.8 Å². The highest BCUT2D eigenvalue weighted by Gasteiger charge is 2.28. The summed E-state index contributed by atoms with van der Waals surface area (Å²) in [6, 6.07) is 7.29. The van der Waals surface area contributed by atoms with Crippen molar-refractivity contribution in [3.63, 3.8) is 0 Å². The molecule has 3 heterocycles. The summed E-state index contributed by atoms with van der Waals surface area (Å²) in [6.07, 6.45) is 4.88. The number of aromatic carboxylic acids is 1. The Hall–Kier alpha value is -3.06. The Balaban J connectivity index is 1.63. The quantitative estimate of drug-likeness (QED) is 0.663. The van der Waals surface area contributed by atoms with E-state index >= 15 is 0 Å². The molecule has 1 aliphatic rings. The second-order valence-corrected chi connectivity index (χ2v) is 7.52.